The lowest BCUT2D eigenvalue weighted by atomic mass is 10.0. The van der Waals surface area contributed by atoms with Crippen molar-refractivity contribution in [1.29, 1.82) is 0 Å². The number of hydrogen-bond acceptors (Lipinski definition) is 5. The van der Waals surface area contributed by atoms with Gasteiger partial charge in [0, 0.05) is 24.0 Å². The van der Waals surface area contributed by atoms with Crippen molar-refractivity contribution in [3.8, 4) is 5.75 Å². The molecule has 0 spiro atoms. The number of nitrogens with zero attached hydrogens (tertiary/aromatic N) is 2. The number of nitrogens with one attached hydrogen (secondary N) is 1. The van der Waals surface area contributed by atoms with Crippen molar-refractivity contribution in [2.45, 2.75) is 57.1 Å². The van der Waals surface area contributed by atoms with E-state index >= 15 is 0 Å². The van der Waals surface area contributed by atoms with E-state index in [0.29, 0.717) is 17.2 Å². The molecular formula is C36H40ClN3O5S. The van der Waals surface area contributed by atoms with Crippen LogP contribution in [-0.2, 0) is 32.6 Å². The topological polar surface area (TPSA) is 96.0 Å². The van der Waals surface area contributed by atoms with Crippen molar-refractivity contribution in [2.75, 3.05) is 18.0 Å². The number of anilines is 1. The first-order chi connectivity index (χ1) is 22.0. The Morgan fingerprint density at radius 3 is 2.09 bits per heavy atom. The van der Waals surface area contributed by atoms with Crippen LogP contribution in [-0.4, -0.2) is 50.9 Å². The average molecular weight is 662 g/mol. The molecule has 4 aromatic carbocycles. The normalized spacial score (nSPS) is 12.5. The number of methoxy groups -OCH3 is 1. The van der Waals surface area contributed by atoms with Gasteiger partial charge in [0.2, 0.25) is 11.8 Å². The van der Waals surface area contributed by atoms with E-state index in [4.69, 9.17) is 16.3 Å². The predicted octanol–water partition coefficient (Wildman–Crippen LogP) is 6.41. The SMILES string of the molecule is CC[C@@H](C)NC(=O)[C@@H](Cc1ccccc1)N(Cc1ccc(Cl)cc1)C(=O)CN(c1ccc(OC)cc1)S(=O)(=O)c1ccc(C)cc1. The lowest BCUT2D eigenvalue weighted by molar-refractivity contribution is -0.140. The van der Waals surface area contributed by atoms with Crippen LogP contribution < -0.4 is 14.4 Å². The highest BCUT2D eigenvalue weighted by Crippen LogP contribution is 2.27. The van der Waals surface area contributed by atoms with Crippen LogP contribution in [0.3, 0.4) is 0 Å². The third kappa shape index (κ3) is 8.89. The minimum atomic E-state index is -4.20. The van der Waals surface area contributed by atoms with Gasteiger partial charge < -0.3 is 15.0 Å². The number of sulfonamides is 1. The average Bonchev–Trinajstić information content (AvgIpc) is 3.06. The van der Waals surface area contributed by atoms with Gasteiger partial charge in [-0.2, -0.15) is 0 Å². The predicted molar refractivity (Wildman–Crippen MR) is 183 cm³/mol. The number of hydrogen-bond donors (Lipinski definition) is 1. The number of ether oxygens (including phenoxy) is 1. The number of carbonyl (C=O) groups is 2. The molecule has 10 heteroatoms. The third-order valence-electron chi connectivity index (χ3n) is 7.79. The number of aryl methyl sites for hydroxylation is 1. The van der Waals surface area contributed by atoms with Crippen LogP contribution in [0.2, 0.25) is 5.02 Å². The summed E-state index contributed by atoms with van der Waals surface area (Å²) in [4.78, 5) is 30.0. The number of amides is 2. The molecule has 0 aliphatic rings. The molecule has 0 radical (unpaired) electrons. The van der Waals surface area contributed by atoms with E-state index in [2.05, 4.69) is 5.32 Å². The van der Waals surface area contributed by atoms with E-state index in [1.165, 1.54) is 24.1 Å². The van der Waals surface area contributed by atoms with Crippen LogP contribution in [0.25, 0.3) is 0 Å². The van der Waals surface area contributed by atoms with Crippen LogP contribution in [0.1, 0.15) is 37.0 Å². The number of halogens is 1. The maximum absolute atomic E-state index is 14.5. The highest BCUT2D eigenvalue weighted by atomic mass is 35.5. The summed E-state index contributed by atoms with van der Waals surface area (Å²) in [7, 11) is -2.68. The molecule has 2 atom stereocenters. The highest BCUT2D eigenvalue weighted by Gasteiger charge is 2.35. The van der Waals surface area contributed by atoms with Crippen molar-refractivity contribution >= 4 is 39.1 Å². The van der Waals surface area contributed by atoms with Gasteiger partial charge in [-0.05, 0) is 79.9 Å². The minimum absolute atomic E-state index is 0.0429. The van der Waals surface area contributed by atoms with E-state index in [1.807, 2.05) is 51.1 Å². The minimum Gasteiger partial charge on any atom is -0.497 e. The lowest BCUT2D eigenvalue weighted by Crippen LogP contribution is -2.54. The third-order valence-corrected chi connectivity index (χ3v) is 9.83. The molecule has 0 aliphatic carbocycles. The Kier molecular flexibility index (Phi) is 11.8. The second kappa shape index (κ2) is 15.8. The quantitative estimate of drug-likeness (QED) is 0.169. The maximum Gasteiger partial charge on any atom is 0.264 e. The zero-order valence-electron chi connectivity index (χ0n) is 26.5. The molecule has 4 rings (SSSR count). The molecule has 46 heavy (non-hydrogen) atoms. The van der Waals surface area contributed by atoms with E-state index in [9.17, 15) is 18.0 Å². The maximum atomic E-state index is 14.5. The van der Waals surface area contributed by atoms with Gasteiger partial charge in [-0.15, -0.1) is 0 Å². The summed E-state index contributed by atoms with van der Waals surface area (Å²) in [5, 5.41) is 3.57. The number of benzene rings is 4. The standard InChI is InChI=1S/C36H40ClN3O5S/c1-5-27(3)38-36(42)34(23-28-9-7-6-8-10-28)39(24-29-13-15-30(37)16-14-29)35(41)25-40(31-17-19-32(45-4)20-18-31)46(43,44)33-21-11-26(2)12-22-33/h6-22,27,34H,5,23-25H2,1-4H3,(H,38,42)/t27-,34-/m1/s1. The summed E-state index contributed by atoms with van der Waals surface area (Å²) >= 11 is 6.15. The van der Waals surface area contributed by atoms with E-state index < -0.39 is 28.5 Å². The fourth-order valence-electron chi connectivity index (χ4n) is 4.90. The molecular weight excluding hydrogens is 622 g/mol. The van der Waals surface area contributed by atoms with Gasteiger partial charge in [-0.25, -0.2) is 8.42 Å². The Morgan fingerprint density at radius 1 is 0.870 bits per heavy atom. The van der Waals surface area contributed by atoms with Gasteiger partial charge in [-0.1, -0.05) is 78.7 Å². The van der Waals surface area contributed by atoms with E-state index in [-0.39, 0.29) is 35.5 Å². The van der Waals surface area contributed by atoms with Crippen LogP contribution in [0, 0.1) is 6.92 Å². The monoisotopic (exact) mass is 661 g/mol. The second-order valence-electron chi connectivity index (χ2n) is 11.2. The second-order valence-corrected chi connectivity index (χ2v) is 13.5. The largest absolute Gasteiger partial charge is 0.497 e. The first-order valence-electron chi connectivity index (χ1n) is 15.1. The smallest absolute Gasteiger partial charge is 0.264 e. The molecule has 0 bridgehead atoms. The molecule has 0 fully saturated rings. The fraction of sp³-hybridized carbons (Fsp3) is 0.278. The van der Waals surface area contributed by atoms with Gasteiger partial charge >= 0.3 is 0 Å². The zero-order chi connectivity index (χ0) is 33.3. The molecule has 4 aromatic rings. The van der Waals surface area contributed by atoms with Crippen LogP contribution in [0.15, 0.2) is 108 Å². The molecule has 1 N–H and O–H groups in total. The summed E-state index contributed by atoms with van der Waals surface area (Å²) in [6, 6.07) is 28.3. The zero-order valence-corrected chi connectivity index (χ0v) is 28.1. The molecule has 0 aliphatic heterocycles. The Labute approximate surface area is 277 Å². The first-order valence-corrected chi connectivity index (χ1v) is 16.9. The fourth-order valence-corrected chi connectivity index (χ4v) is 6.44. The molecule has 0 unspecified atom stereocenters. The van der Waals surface area contributed by atoms with Crippen LogP contribution in [0.5, 0.6) is 5.75 Å². The molecule has 8 nitrogen and oxygen atoms in total. The summed E-state index contributed by atoms with van der Waals surface area (Å²) in [5.74, 6) is -0.323. The molecule has 242 valence electrons. The van der Waals surface area contributed by atoms with Crippen molar-refractivity contribution < 1.29 is 22.7 Å². The lowest BCUT2D eigenvalue weighted by Gasteiger charge is -2.34. The van der Waals surface area contributed by atoms with Crippen molar-refractivity contribution in [3.05, 3.63) is 125 Å². The Bertz CT molecular complexity index is 1700. The molecule has 0 heterocycles. The van der Waals surface area contributed by atoms with Gasteiger partial charge in [0.15, 0.2) is 0 Å². The van der Waals surface area contributed by atoms with E-state index in [0.717, 1.165) is 21.0 Å². The first kappa shape index (κ1) is 34.5. The van der Waals surface area contributed by atoms with Gasteiger partial charge in [0.05, 0.1) is 17.7 Å². The number of rotatable bonds is 14. The molecule has 0 saturated heterocycles. The van der Waals surface area contributed by atoms with Gasteiger partial charge in [0.25, 0.3) is 10.0 Å². The molecule has 0 aromatic heterocycles. The van der Waals surface area contributed by atoms with Gasteiger partial charge in [0.1, 0.15) is 18.3 Å². The summed E-state index contributed by atoms with van der Waals surface area (Å²) in [6.45, 7) is 5.26. The summed E-state index contributed by atoms with van der Waals surface area (Å²) < 4.78 is 34.7. The van der Waals surface area contributed by atoms with Crippen LogP contribution in [0.4, 0.5) is 5.69 Å². The molecule has 2 amide bonds. The molecule has 0 saturated carbocycles. The van der Waals surface area contributed by atoms with Gasteiger partial charge in [-0.3, -0.25) is 13.9 Å². The Balaban J connectivity index is 1.80. The Morgan fingerprint density at radius 2 is 1.50 bits per heavy atom. The summed E-state index contributed by atoms with van der Waals surface area (Å²) in [5.41, 5.74) is 2.78. The highest BCUT2D eigenvalue weighted by molar-refractivity contribution is 7.92. The number of carbonyl (C=O) groups excluding carboxylic acids is 2. The Hall–Kier alpha value is -4.34. The van der Waals surface area contributed by atoms with Crippen molar-refractivity contribution in [2.24, 2.45) is 0 Å². The van der Waals surface area contributed by atoms with Crippen molar-refractivity contribution in [1.82, 2.24) is 10.2 Å². The van der Waals surface area contributed by atoms with Crippen LogP contribution >= 0.6 is 11.6 Å². The van der Waals surface area contributed by atoms with E-state index in [1.54, 1.807) is 60.7 Å². The summed E-state index contributed by atoms with van der Waals surface area (Å²) in [6.07, 6.45) is 0.935. The van der Waals surface area contributed by atoms with Crippen molar-refractivity contribution in [3.63, 3.8) is 0 Å².